The summed E-state index contributed by atoms with van der Waals surface area (Å²) >= 11 is 0. The highest BCUT2D eigenvalue weighted by atomic mass is 32.2. The summed E-state index contributed by atoms with van der Waals surface area (Å²) < 4.78 is 28.5. The van der Waals surface area contributed by atoms with E-state index in [1.54, 1.807) is 13.8 Å². The van der Waals surface area contributed by atoms with Crippen LogP contribution in [0, 0.1) is 13.8 Å². The Morgan fingerprint density at radius 2 is 2.19 bits per heavy atom. The smallest absolute Gasteiger partial charge is 0.305 e. The van der Waals surface area contributed by atoms with Gasteiger partial charge in [0.15, 0.2) is 0 Å². The maximum absolute atomic E-state index is 12.4. The van der Waals surface area contributed by atoms with Crippen molar-refractivity contribution in [1.82, 2.24) is 20.0 Å². The topological polar surface area (TPSA) is 130 Å². The van der Waals surface area contributed by atoms with Crippen molar-refractivity contribution in [2.75, 3.05) is 4.72 Å². The normalized spacial score (nSPS) is 11.5. The van der Waals surface area contributed by atoms with Gasteiger partial charge in [0.25, 0.3) is 10.0 Å². The standard InChI is InChI=1S/C11H15N5O4S/c1-7-11(8(2)16(14-7)4-3-10(17)18)21(19,20)15-9-5-12-13-6-9/h5-6,15H,3-4H2,1-2H3,(H,12,13)(H,17,18). The second kappa shape index (κ2) is 5.56. The van der Waals surface area contributed by atoms with Crippen LogP contribution in [0.5, 0.6) is 0 Å². The van der Waals surface area contributed by atoms with E-state index in [9.17, 15) is 13.2 Å². The number of hydrogen-bond acceptors (Lipinski definition) is 5. The van der Waals surface area contributed by atoms with Gasteiger partial charge in [-0.15, -0.1) is 0 Å². The van der Waals surface area contributed by atoms with E-state index in [4.69, 9.17) is 5.11 Å². The van der Waals surface area contributed by atoms with Gasteiger partial charge in [0.05, 0.1) is 36.2 Å². The van der Waals surface area contributed by atoms with Crippen LogP contribution in [0.15, 0.2) is 17.3 Å². The summed E-state index contributed by atoms with van der Waals surface area (Å²) in [7, 11) is -3.80. The highest BCUT2D eigenvalue weighted by Gasteiger charge is 2.25. The van der Waals surface area contributed by atoms with Gasteiger partial charge < -0.3 is 5.11 Å². The Bertz CT molecular complexity index is 748. The van der Waals surface area contributed by atoms with Crippen molar-refractivity contribution in [2.45, 2.75) is 31.7 Å². The number of carbonyl (C=O) groups is 1. The van der Waals surface area contributed by atoms with Gasteiger partial charge in [0.2, 0.25) is 0 Å². The van der Waals surface area contributed by atoms with Gasteiger partial charge in [-0.3, -0.25) is 19.3 Å². The molecule has 3 N–H and O–H groups in total. The minimum atomic E-state index is -3.80. The number of aryl methyl sites for hydroxylation is 2. The van der Waals surface area contributed by atoms with Gasteiger partial charge in [-0.05, 0) is 13.8 Å². The van der Waals surface area contributed by atoms with Gasteiger partial charge in [-0.2, -0.15) is 10.2 Å². The van der Waals surface area contributed by atoms with Crippen LogP contribution < -0.4 is 4.72 Å². The van der Waals surface area contributed by atoms with E-state index < -0.39 is 16.0 Å². The molecule has 114 valence electrons. The van der Waals surface area contributed by atoms with E-state index >= 15 is 0 Å². The van der Waals surface area contributed by atoms with Crippen LogP contribution in [-0.2, 0) is 21.4 Å². The molecule has 21 heavy (non-hydrogen) atoms. The first kappa shape index (κ1) is 15.0. The number of nitrogens with zero attached hydrogens (tertiary/aromatic N) is 3. The average Bonchev–Trinajstić information content (AvgIpc) is 2.94. The molecule has 0 aliphatic carbocycles. The third kappa shape index (κ3) is 3.21. The number of aliphatic carboxylic acids is 1. The number of aromatic nitrogens is 4. The lowest BCUT2D eigenvalue weighted by Crippen LogP contribution is -2.15. The van der Waals surface area contributed by atoms with Crippen molar-refractivity contribution < 1.29 is 18.3 Å². The second-order valence-electron chi connectivity index (χ2n) is 4.46. The molecule has 0 amide bonds. The molecule has 10 heteroatoms. The molecule has 0 aliphatic rings. The number of H-pyrrole nitrogens is 1. The van der Waals surface area contributed by atoms with E-state index in [0.717, 1.165) is 0 Å². The zero-order chi connectivity index (χ0) is 15.6. The van der Waals surface area contributed by atoms with Crippen molar-refractivity contribution in [3.63, 3.8) is 0 Å². The second-order valence-corrected chi connectivity index (χ2v) is 6.08. The van der Waals surface area contributed by atoms with Crippen molar-refractivity contribution in [3.8, 4) is 0 Å². The van der Waals surface area contributed by atoms with Crippen LogP contribution in [0.1, 0.15) is 17.8 Å². The molecule has 0 saturated carbocycles. The fourth-order valence-corrected chi connectivity index (χ4v) is 3.45. The summed E-state index contributed by atoms with van der Waals surface area (Å²) in [6, 6.07) is 0. The fraction of sp³-hybridized carbons (Fsp3) is 0.364. The quantitative estimate of drug-likeness (QED) is 0.712. The van der Waals surface area contributed by atoms with Crippen molar-refractivity contribution in [2.24, 2.45) is 0 Å². The number of anilines is 1. The lowest BCUT2D eigenvalue weighted by atomic mass is 10.4. The minimum absolute atomic E-state index is 0.0501. The molecular formula is C11H15N5O4S. The predicted octanol–water partition coefficient (Wildman–Crippen LogP) is 0.499. The van der Waals surface area contributed by atoms with E-state index in [-0.39, 0.29) is 17.9 Å². The Morgan fingerprint density at radius 1 is 1.48 bits per heavy atom. The van der Waals surface area contributed by atoms with E-state index in [0.29, 0.717) is 17.1 Å². The Kier molecular flexibility index (Phi) is 3.98. The van der Waals surface area contributed by atoms with Gasteiger partial charge in [-0.25, -0.2) is 8.42 Å². The maximum Gasteiger partial charge on any atom is 0.305 e. The summed E-state index contributed by atoms with van der Waals surface area (Å²) in [4.78, 5) is 10.7. The largest absolute Gasteiger partial charge is 0.481 e. The lowest BCUT2D eigenvalue weighted by molar-refractivity contribution is -0.137. The summed E-state index contributed by atoms with van der Waals surface area (Å²) in [5.41, 5.74) is 1.02. The van der Waals surface area contributed by atoms with E-state index in [2.05, 4.69) is 20.0 Å². The monoisotopic (exact) mass is 313 g/mol. The van der Waals surface area contributed by atoms with Crippen LogP contribution in [0.25, 0.3) is 0 Å². The van der Waals surface area contributed by atoms with Gasteiger partial charge in [0.1, 0.15) is 4.90 Å². The first-order chi connectivity index (χ1) is 9.81. The maximum atomic E-state index is 12.4. The van der Waals surface area contributed by atoms with Crippen LogP contribution in [0.3, 0.4) is 0 Å². The number of aromatic amines is 1. The third-order valence-electron chi connectivity index (χ3n) is 2.87. The SMILES string of the molecule is Cc1nn(CCC(=O)O)c(C)c1S(=O)(=O)Nc1cn[nH]c1. The highest BCUT2D eigenvalue weighted by molar-refractivity contribution is 7.92. The van der Waals surface area contributed by atoms with Gasteiger partial charge in [-0.1, -0.05) is 0 Å². The molecule has 0 spiro atoms. The third-order valence-corrected chi connectivity index (χ3v) is 4.50. The van der Waals surface area contributed by atoms with Crippen LogP contribution in [0.2, 0.25) is 0 Å². The van der Waals surface area contributed by atoms with Crippen molar-refractivity contribution in [3.05, 3.63) is 23.8 Å². The lowest BCUT2D eigenvalue weighted by Gasteiger charge is -2.06. The molecule has 9 nitrogen and oxygen atoms in total. The first-order valence-corrected chi connectivity index (χ1v) is 7.57. The first-order valence-electron chi connectivity index (χ1n) is 6.08. The number of hydrogen-bond donors (Lipinski definition) is 3. The molecule has 0 radical (unpaired) electrons. The molecule has 0 atom stereocenters. The Morgan fingerprint density at radius 3 is 2.76 bits per heavy atom. The summed E-state index contributed by atoms with van der Waals surface area (Å²) in [6.07, 6.45) is 2.63. The molecule has 2 rings (SSSR count). The number of sulfonamides is 1. The summed E-state index contributed by atoms with van der Waals surface area (Å²) in [5, 5.41) is 18.9. The van der Waals surface area contributed by atoms with Crippen LogP contribution in [0.4, 0.5) is 5.69 Å². The summed E-state index contributed by atoms with van der Waals surface area (Å²) in [5.74, 6) is -0.969. The van der Waals surface area contributed by atoms with Gasteiger partial charge >= 0.3 is 5.97 Å². The minimum Gasteiger partial charge on any atom is -0.481 e. The molecular weight excluding hydrogens is 298 g/mol. The molecule has 2 aromatic heterocycles. The fourth-order valence-electron chi connectivity index (χ4n) is 2.00. The molecule has 0 aliphatic heterocycles. The Hall–Kier alpha value is -2.36. The number of nitrogens with one attached hydrogen (secondary N) is 2. The molecule has 0 aromatic carbocycles. The van der Waals surface area contributed by atoms with Gasteiger partial charge in [0, 0.05) is 6.20 Å². The number of carboxylic acid groups (broad SMARTS) is 1. The molecule has 0 unspecified atom stereocenters. The molecule has 2 aromatic rings. The molecule has 0 bridgehead atoms. The van der Waals surface area contributed by atoms with Crippen LogP contribution >= 0.6 is 0 Å². The zero-order valence-electron chi connectivity index (χ0n) is 11.5. The Labute approximate surface area is 121 Å². The average molecular weight is 313 g/mol. The van der Waals surface area contributed by atoms with E-state index in [1.165, 1.54) is 17.1 Å². The van der Waals surface area contributed by atoms with Crippen LogP contribution in [-0.4, -0.2) is 39.5 Å². The molecule has 0 fully saturated rings. The zero-order valence-corrected chi connectivity index (χ0v) is 12.3. The predicted molar refractivity (Wildman–Crippen MR) is 73.4 cm³/mol. The number of carboxylic acids is 1. The Balaban J connectivity index is 2.33. The van der Waals surface area contributed by atoms with Crippen molar-refractivity contribution in [1.29, 1.82) is 0 Å². The molecule has 0 saturated heterocycles. The molecule has 2 heterocycles. The summed E-state index contributed by atoms with van der Waals surface area (Å²) in [6.45, 7) is 3.27. The highest BCUT2D eigenvalue weighted by Crippen LogP contribution is 2.22. The number of rotatable bonds is 6. The van der Waals surface area contributed by atoms with Crippen molar-refractivity contribution >= 4 is 21.7 Å². The van der Waals surface area contributed by atoms with E-state index in [1.807, 2.05) is 0 Å².